The molecule has 3 atom stereocenters. The predicted octanol–water partition coefficient (Wildman–Crippen LogP) is 7.91. The van der Waals surface area contributed by atoms with Gasteiger partial charge in [0.25, 0.3) is 0 Å². The molecule has 236 valence electrons. The first-order valence-corrected chi connectivity index (χ1v) is 16.7. The topological polar surface area (TPSA) is 121 Å². The molecule has 0 radical (unpaired) electrons. The lowest BCUT2D eigenvalue weighted by atomic mass is 9.88. The monoisotopic (exact) mass is 620 g/mol. The molecule has 3 aromatic heterocycles. The van der Waals surface area contributed by atoms with Crippen molar-refractivity contribution in [2.75, 3.05) is 17.2 Å². The van der Waals surface area contributed by atoms with Crippen LogP contribution in [0.3, 0.4) is 0 Å². The molecule has 6 rings (SSSR count). The lowest BCUT2D eigenvalue weighted by Crippen LogP contribution is -2.30. The number of aromatic nitrogens is 3. The predicted molar refractivity (Wildman–Crippen MR) is 178 cm³/mol. The van der Waals surface area contributed by atoms with Crippen molar-refractivity contribution in [3.05, 3.63) is 40.5 Å². The van der Waals surface area contributed by atoms with Crippen LogP contribution in [0, 0.1) is 23.1 Å². The highest BCUT2D eigenvalue weighted by molar-refractivity contribution is 7.23. The van der Waals surface area contributed by atoms with Crippen LogP contribution in [0.2, 0.25) is 0 Å². The molecule has 2 aliphatic heterocycles. The van der Waals surface area contributed by atoms with Crippen molar-refractivity contribution in [1.82, 2.24) is 15.0 Å². The standard InChI is InChI=1S/C26H25FN6OS.C6H14O.C2H6/c1-4-14-20(23-21-15(7-28)25(29)35-24(21)19(27)9-30-23)18-11-34-10-17(18)16-8-31-26(32-22(14)16)33-6-5-12(2)13(33)3;1-3-4-5-6(2)7;1-2/h8-9,12-13H,4-6,10-11,29H2,1-3H3;6-7H,3-5H2,1-2H3;1-2H3/t12-,13?;;/m0../s1. The first kappa shape index (κ1) is 33.5. The van der Waals surface area contributed by atoms with Crippen molar-refractivity contribution in [1.29, 1.82) is 5.26 Å². The fourth-order valence-electron chi connectivity index (χ4n) is 6.05. The van der Waals surface area contributed by atoms with Gasteiger partial charge in [0, 0.05) is 35.1 Å². The number of halogens is 1. The van der Waals surface area contributed by atoms with Crippen LogP contribution in [0.15, 0.2) is 12.4 Å². The van der Waals surface area contributed by atoms with Gasteiger partial charge in [0.05, 0.1) is 47.0 Å². The molecule has 10 heteroatoms. The molecule has 1 saturated heterocycles. The number of benzene rings is 1. The lowest BCUT2D eigenvalue weighted by molar-refractivity contribution is 0.135. The van der Waals surface area contributed by atoms with E-state index in [1.54, 1.807) is 0 Å². The molecule has 0 spiro atoms. The largest absolute Gasteiger partial charge is 0.393 e. The van der Waals surface area contributed by atoms with Crippen LogP contribution in [0.4, 0.5) is 15.3 Å². The highest BCUT2D eigenvalue weighted by Crippen LogP contribution is 2.46. The second-order valence-electron chi connectivity index (χ2n) is 11.4. The van der Waals surface area contributed by atoms with Crippen molar-refractivity contribution in [3.63, 3.8) is 0 Å². The van der Waals surface area contributed by atoms with Crippen molar-refractivity contribution in [2.24, 2.45) is 5.92 Å². The summed E-state index contributed by atoms with van der Waals surface area (Å²) in [5, 5.41) is 20.3. The van der Waals surface area contributed by atoms with Gasteiger partial charge in [-0.05, 0) is 55.7 Å². The van der Waals surface area contributed by atoms with E-state index in [0.29, 0.717) is 52.4 Å². The van der Waals surface area contributed by atoms with Gasteiger partial charge in [-0.3, -0.25) is 4.98 Å². The Morgan fingerprint density at radius 1 is 1.20 bits per heavy atom. The summed E-state index contributed by atoms with van der Waals surface area (Å²) >= 11 is 1.09. The number of nitrogens with two attached hydrogens (primary N) is 1. The highest BCUT2D eigenvalue weighted by atomic mass is 32.1. The Balaban J connectivity index is 0.000000435. The van der Waals surface area contributed by atoms with Crippen LogP contribution in [-0.2, 0) is 24.4 Å². The van der Waals surface area contributed by atoms with Gasteiger partial charge in [0.1, 0.15) is 11.1 Å². The maximum Gasteiger partial charge on any atom is 0.226 e. The molecule has 0 amide bonds. The Morgan fingerprint density at radius 2 is 1.93 bits per heavy atom. The van der Waals surface area contributed by atoms with E-state index in [-0.39, 0.29) is 11.7 Å². The maximum atomic E-state index is 14.7. The van der Waals surface area contributed by atoms with E-state index < -0.39 is 5.82 Å². The molecule has 2 unspecified atom stereocenters. The number of hydrogen-bond donors (Lipinski definition) is 2. The molecule has 1 aromatic carbocycles. The number of nitrogen functional groups attached to an aromatic ring is 1. The maximum absolute atomic E-state index is 14.7. The number of aliphatic hydroxyl groups is 1. The van der Waals surface area contributed by atoms with Crippen LogP contribution in [-0.4, -0.2) is 38.7 Å². The summed E-state index contributed by atoms with van der Waals surface area (Å²) in [6.07, 6.45) is 8.13. The van der Waals surface area contributed by atoms with E-state index in [4.69, 9.17) is 25.5 Å². The van der Waals surface area contributed by atoms with E-state index in [2.05, 4.69) is 43.6 Å². The van der Waals surface area contributed by atoms with Gasteiger partial charge >= 0.3 is 0 Å². The Labute approximate surface area is 264 Å². The smallest absolute Gasteiger partial charge is 0.226 e. The average Bonchev–Trinajstić information content (AvgIpc) is 3.74. The second kappa shape index (κ2) is 14.6. The molecule has 5 heterocycles. The molecular weight excluding hydrogens is 575 g/mol. The molecule has 2 aliphatic rings. The number of unbranched alkanes of at least 4 members (excludes halogenated alkanes) is 1. The zero-order chi connectivity index (χ0) is 32.1. The van der Waals surface area contributed by atoms with Gasteiger partial charge < -0.3 is 20.5 Å². The summed E-state index contributed by atoms with van der Waals surface area (Å²) in [5.41, 5.74) is 11.7. The van der Waals surface area contributed by atoms with Gasteiger partial charge in [-0.25, -0.2) is 14.4 Å². The van der Waals surface area contributed by atoms with Crippen LogP contribution in [0.5, 0.6) is 0 Å². The molecule has 44 heavy (non-hydrogen) atoms. The Bertz CT molecular complexity index is 1660. The second-order valence-corrected chi connectivity index (χ2v) is 12.4. The van der Waals surface area contributed by atoms with Gasteiger partial charge in [0.2, 0.25) is 5.95 Å². The average molecular weight is 621 g/mol. The Hall–Kier alpha value is -3.39. The third-order valence-electron chi connectivity index (χ3n) is 8.62. The summed E-state index contributed by atoms with van der Waals surface area (Å²) in [6.45, 7) is 16.3. The Kier molecular flexibility index (Phi) is 11.1. The zero-order valence-electron chi connectivity index (χ0n) is 27.0. The Morgan fingerprint density at radius 3 is 2.52 bits per heavy atom. The van der Waals surface area contributed by atoms with Crippen molar-refractivity contribution in [3.8, 4) is 17.3 Å². The molecule has 0 bridgehead atoms. The molecule has 3 N–H and O–H groups in total. The third kappa shape index (κ3) is 6.23. The van der Waals surface area contributed by atoms with E-state index in [1.807, 2.05) is 27.0 Å². The number of hydrogen-bond acceptors (Lipinski definition) is 9. The number of anilines is 2. The molecule has 8 nitrogen and oxygen atoms in total. The molecule has 4 aromatic rings. The molecule has 0 saturated carbocycles. The van der Waals surface area contributed by atoms with Crippen LogP contribution < -0.4 is 10.6 Å². The number of nitrogens with zero attached hydrogens (tertiary/aromatic N) is 5. The number of rotatable bonds is 6. The summed E-state index contributed by atoms with van der Waals surface area (Å²) in [5.74, 6) is 0.827. The number of aryl methyl sites for hydroxylation is 1. The van der Waals surface area contributed by atoms with E-state index in [9.17, 15) is 9.65 Å². The lowest BCUT2D eigenvalue weighted by Gasteiger charge is -2.24. The summed E-state index contributed by atoms with van der Waals surface area (Å²) in [4.78, 5) is 16.7. The third-order valence-corrected chi connectivity index (χ3v) is 9.65. The minimum Gasteiger partial charge on any atom is -0.393 e. The first-order valence-electron chi connectivity index (χ1n) is 15.8. The fraction of sp³-hybridized carbons (Fsp3) is 0.529. The van der Waals surface area contributed by atoms with Gasteiger partial charge in [-0.1, -0.05) is 47.5 Å². The number of pyridine rings is 1. The summed E-state index contributed by atoms with van der Waals surface area (Å²) in [7, 11) is 0. The van der Waals surface area contributed by atoms with Gasteiger partial charge in [0.15, 0.2) is 5.82 Å². The SMILES string of the molecule is CC.CCCCC(C)O.CCc1c(-c2ncc(F)c3sc(N)c(C#N)c23)c2c(c3cnc(N4CC[C@H](C)C4C)nc13)COC2. The van der Waals surface area contributed by atoms with E-state index >= 15 is 0 Å². The van der Waals surface area contributed by atoms with Gasteiger partial charge in [-0.2, -0.15) is 5.26 Å². The number of aliphatic hydroxyl groups excluding tert-OH is 1. The van der Waals surface area contributed by atoms with Gasteiger partial charge in [-0.15, -0.1) is 11.3 Å². The van der Waals surface area contributed by atoms with E-state index in [0.717, 1.165) is 76.2 Å². The number of fused-ring (bicyclic) bond motifs is 4. The summed E-state index contributed by atoms with van der Waals surface area (Å²) < 4.78 is 21.0. The van der Waals surface area contributed by atoms with Crippen molar-refractivity contribution >= 4 is 43.3 Å². The fourth-order valence-corrected chi connectivity index (χ4v) is 6.97. The van der Waals surface area contributed by atoms with Crippen molar-refractivity contribution in [2.45, 2.75) is 106 Å². The van der Waals surface area contributed by atoms with Crippen LogP contribution >= 0.6 is 11.3 Å². The summed E-state index contributed by atoms with van der Waals surface area (Å²) in [6, 6.07) is 2.53. The molecule has 0 aliphatic carbocycles. The quantitative estimate of drug-likeness (QED) is 0.223. The molecule has 1 fully saturated rings. The minimum atomic E-state index is -0.476. The van der Waals surface area contributed by atoms with Crippen LogP contribution in [0.25, 0.3) is 32.2 Å². The minimum absolute atomic E-state index is 0.0973. The first-order chi connectivity index (χ1) is 21.2. The van der Waals surface area contributed by atoms with E-state index in [1.165, 1.54) is 12.6 Å². The van der Waals surface area contributed by atoms with Crippen molar-refractivity contribution < 1.29 is 14.2 Å². The zero-order valence-corrected chi connectivity index (χ0v) is 27.8. The number of thiophene rings is 1. The number of ether oxygens (including phenoxy) is 1. The highest BCUT2D eigenvalue weighted by Gasteiger charge is 2.32. The van der Waals surface area contributed by atoms with Crippen LogP contribution in [0.1, 0.15) is 96.4 Å². The molecular formula is C34H45FN6O2S. The number of nitriles is 1. The normalized spacial score (nSPS) is 18.0.